The first kappa shape index (κ1) is 15.9. The molecule has 0 aliphatic heterocycles. The second kappa shape index (κ2) is 7.08. The molecule has 0 atom stereocenters. The first-order chi connectivity index (χ1) is 11.1. The first-order valence-corrected chi connectivity index (χ1v) is 8.90. The number of anilines is 2. The number of carbonyl (C=O) groups is 2. The molecule has 3 rings (SSSR count). The Labute approximate surface area is 139 Å². The lowest BCUT2D eigenvalue weighted by Crippen LogP contribution is -2.18. The molecule has 0 spiro atoms. The molecule has 1 saturated carbocycles. The number of amides is 2. The third kappa shape index (κ3) is 4.28. The van der Waals surface area contributed by atoms with Crippen LogP contribution in [0.3, 0.4) is 0 Å². The van der Waals surface area contributed by atoms with Gasteiger partial charge < -0.3 is 10.6 Å². The molecule has 0 saturated heterocycles. The van der Waals surface area contributed by atoms with Crippen LogP contribution in [0.25, 0.3) is 10.2 Å². The van der Waals surface area contributed by atoms with E-state index in [0.717, 1.165) is 28.7 Å². The molecule has 1 fully saturated rings. The number of nitrogens with zero attached hydrogens (tertiary/aromatic N) is 1. The van der Waals surface area contributed by atoms with Crippen LogP contribution < -0.4 is 10.6 Å². The molecular weight excluding hydrogens is 310 g/mol. The Morgan fingerprint density at radius 1 is 1.22 bits per heavy atom. The maximum absolute atomic E-state index is 12.2. The van der Waals surface area contributed by atoms with Crippen LogP contribution in [0.15, 0.2) is 18.2 Å². The van der Waals surface area contributed by atoms with Gasteiger partial charge >= 0.3 is 0 Å². The van der Waals surface area contributed by atoms with E-state index >= 15 is 0 Å². The number of carbonyl (C=O) groups excluding carboxylic acids is 2. The molecule has 23 heavy (non-hydrogen) atoms. The fraction of sp³-hybridized carbons (Fsp3) is 0.471. The van der Waals surface area contributed by atoms with Gasteiger partial charge in [0.2, 0.25) is 11.8 Å². The summed E-state index contributed by atoms with van der Waals surface area (Å²) in [4.78, 5) is 27.7. The molecule has 2 amide bonds. The number of aromatic nitrogens is 1. The average Bonchev–Trinajstić information content (AvgIpc) is 2.88. The maximum Gasteiger partial charge on any atom is 0.226 e. The third-order valence-corrected chi connectivity index (χ3v) is 5.09. The predicted octanol–water partition coefficient (Wildman–Crippen LogP) is 4.16. The van der Waals surface area contributed by atoms with E-state index < -0.39 is 0 Å². The van der Waals surface area contributed by atoms with Crippen molar-refractivity contribution in [3.05, 3.63) is 18.2 Å². The molecule has 1 aromatic heterocycles. The summed E-state index contributed by atoms with van der Waals surface area (Å²) >= 11 is 1.43. The first-order valence-electron chi connectivity index (χ1n) is 8.08. The van der Waals surface area contributed by atoms with E-state index in [2.05, 4.69) is 15.6 Å². The van der Waals surface area contributed by atoms with Crippen molar-refractivity contribution in [2.24, 2.45) is 5.92 Å². The third-order valence-electron chi connectivity index (χ3n) is 4.15. The van der Waals surface area contributed by atoms with Crippen LogP contribution >= 0.6 is 11.3 Å². The minimum Gasteiger partial charge on any atom is -0.326 e. The summed E-state index contributed by atoms with van der Waals surface area (Å²) < 4.78 is 0.948. The van der Waals surface area contributed by atoms with Crippen molar-refractivity contribution in [1.29, 1.82) is 0 Å². The molecule has 1 aliphatic rings. The number of benzene rings is 1. The van der Waals surface area contributed by atoms with Crippen molar-refractivity contribution in [3.63, 3.8) is 0 Å². The Bertz CT molecular complexity index is 720. The van der Waals surface area contributed by atoms with E-state index in [4.69, 9.17) is 0 Å². The molecule has 5 nitrogen and oxygen atoms in total. The minimum absolute atomic E-state index is 0.0537. The number of hydrogen-bond acceptors (Lipinski definition) is 4. The normalized spacial score (nSPS) is 15.5. The second-order valence-electron chi connectivity index (χ2n) is 6.14. The lowest BCUT2D eigenvalue weighted by atomic mass is 9.87. The molecule has 0 unspecified atom stereocenters. The van der Waals surface area contributed by atoms with Gasteiger partial charge in [0.05, 0.1) is 10.2 Å². The second-order valence-corrected chi connectivity index (χ2v) is 7.17. The van der Waals surface area contributed by atoms with Crippen molar-refractivity contribution in [3.8, 4) is 0 Å². The van der Waals surface area contributed by atoms with Crippen molar-refractivity contribution in [2.45, 2.75) is 45.4 Å². The number of thiazole rings is 1. The van der Waals surface area contributed by atoms with Gasteiger partial charge in [-0.15, -0.1) is 0 Å². The van der Waals surface area contributed by atoms with Crippen LogP contribution in [0, 0.1) is 5.92 Å². The highest BCUT2D eigenvalue weighted by Crippen LogP contribution is 2.30. The molecule has 2 N–H and O–H groups in total. The standard InChI is InChI=1S/C17H21N3O2S/c1-11(21)18-13-7-8-14-15(10-13)23-17(19-14)20-16(22)9-12-5-3-2-4-6-12/h7-8,10,12H,2-6,9H2,1H3,(H,18,21)(H,19,20,22). The number of rotatable bonds is 4. The molecule has 2 aromatic rings. The summed E-state index contributed by atoms with van der Waals surface area (Å²) in [5.74, 6) is 0.470. The predicted molar refractivity (Wildman–Crippen MR) is 93.7 cm³/mol. The van der Waals surface area contributed by atoms with Crippen LogP contribution in [0.2, 0.25) is 0 Å². The molecule has 6 heteroatoms. The molecule has 1 aromatic carbocycles. The minimum atomic E-state index is -0.102. The van der Waals surface area contributed by atoms with Gasteiger partial charge in [-0.25, -0.2) is 4.98 Å². The summed E-state index contributed by atoms with van der Waals surface area (Å²) in [5, 5.41) is 6.30. The van der Waals surface area contributed by atoms with E-state index in [0.29, 0.717) is 17.5 Å². The lowest BCUT2D eigenvalue weighted by Gasteiger charge is -2.20. The van der Waals surface area contributed by atoms with Crippen molar-refractivity contribution >= 4 is 44.2 Å². The quantitative estimate of drug-likeness (QED) is 0.883. The highest BCUT2D eigenvalue weighted by Gasteiger charge is 2.18. The Morgan fingerprint density at radius 3 is 2.74 bits per heavy atom. The van der Waals surface area contributed by atoms with Crippen molar-refractivity contribution in [2.75, 3.05) is 10.6 Å². The number of hydrogen-bond donors (Lipinski definition) is 2. The van der Waals surface area contributed by atoms with Gasteiger partial charge in [-0.3, -0.25) is 9.59 Å². The Balaban J connectivity index is 1.65. The largest absolute Gasteiger partial charge is 0.326 e. The van der Waals surface area contributed by atoms with Gasteiger partial charge in [-0.2, -0.15) is 0 Å². The smallest absolute Gasteiger partial charge is 0.226 e. The zero-order valence-electron chi connectivity index (χ0n) is 13.2. The molecule has 1 aliphatic carbocycles. The van der Waals surface area contributed by atoms with Crippen molar-refractivity contribution < 1.29 is 9.59 Å². The fourth-order valence-corrected chi connectivity index (χ4v) is 4.00. The number of nitrogens with one attached hydrogen (secondary N) is 2. The summed E-state index contributed by atoms with van der Waals surface area (Å²) in [6.07, 6.45) is 6.69. The van der Waals surface area contributed by atoms with Crippen LogP contribution in [0.1, 0.15) is 45.4 Å². The lowest BCUT2D eigenvalue weighted by molar-refractivity contribution is -0.117. The Morgan fingerprint density at radius 2 is 2.00 bits per heavy atom. The SMILES string of the molecule is CC(=O)Nc1ccc2nc(NC(=O)CC3CCCCC3)sc2c1. The highest BCUT2D eigenvalue weighted by molar-refractivity contribution is 7.22. The van der Waals surface area contributed by atoms with Gasteiger partial charge in [0.25, 0.3) is 0 Å². The zero-order valence-corrected chi connectivity index (χ0v) is 14.0. The van der Waals surface area contributed by atoms with Crippen LogP contribution in [0.4, 0.5) is 10.8 Å². The van der Waals surface area contributed by atoms with E-state index in [-0.39, 0.29) is 11.8 Å². The zero-order chi connectivity index (χ0) is 16.2. The average molecular weight is 331 g/mol. The Kier molecular flexibility index (Phi) is 4.91. The fourth-order valence-electron chi connectivity index (χ4n) is 3.08. The van der Waals surface area contributed by atoms with Gasteiger partial charge in [0.15, 0.2) is 5.13 Å². The summed E-state index contributed by atoms with van der Waals surface area (Å²) in [6, 6.07) is 5.55. The summed E-state index contributed by atoms with van der Waals surface area (Å²) in [7, 11) is 0. The highest BCUT2D eigenvalue weighted by atomic mass is 32.1. The molecule has 0 bridgehead atoms. The van der Waals surface area contributed by atoms with Gasteiger partial charge in [0.1, 0.15) is 0 Å². The molecule has 122 valence electrons. The van der Waals surface area contributed by atoms with Gasteiger partial charge in [-0.05, 0) is 37.0 Å². The monoisotopic (exact) mass is 331 g/mol. The summed E-state index contributed by atoms with van der Waals surface area (Å²) in [6.45, 7) is 1.48. The van der Waals surface area contributed by atoms with Crippen LogP contribution in [-0.2, 0) is 9.59 Å². The van der Waals surface area contributed by atoms with E-state index in [9.17, 15) is 9.59 Å². The van der Waals surface area contributed by atoms with Crippen LogP contribution in [0.5, 0.6) is 0 Å². The number of fused-ring (bicyclic) bond motifs is 1. The molecule has 1 heterocycles. The van der Waals surface area contributed by atoms with E-state index in [1.165, 1.54) is 37.5 Å². The van der Waals surface area contributed by atoms with Gasteiger partial charge in [-0.1, -0.05) is 30.6 Å². The topological polar surface area (TPSA) is 71.1 Å². The molecule has 0 radical (unpaired) electrons. The Hall–Kier alpha value is -1.95. The van der Waals surface area contributed by atoms with Gasteiger partial charge in [0, 0.05) is 19.0 Å². The molecular formula is C17H21N3O2S. The van der Waals surface area contributed by atoms with Crippen LogP contribution in [-0.4, -0.2) is 16.8 Å². The van der Waals surface area contributed by atoms with E-state index in [1.807, 2.05) is 18.2 Å². The summed E-state index contributed by atoms with van der Waals surface area (Å²) in [5.41, 5.74) is 1.57. The van der Waals surface area contributed by atoms with E-state index in [1.54, 1.807) is 0 Å². The van der Waals surface area contributed by atoms with Crippen molar-refractivity contribution in [1.82, 2.24) is 4.98 Å². The maximum atomic E-state index is 12.2.